The molecule has 0 atom stereocenters. The first kappa shape index (κ1) is 14.0. The molecule has 106 valence electrons. The highest BCUT2D eigenvalue weighted by atomic mass is 32.2. The number of rotatable bonds is 3. The van der Waals surface area contributed by atoms with E-state index >= 15 is 0 Å². The first-order chi connectivity index (χ1) is 10.2. The molecule has 1 aromatic heterocycles. The molecule has 1 aliphatic rings. The maximum absolute atomic E-state index is 12.1. The Kier molecular flexibility index (Phi) is 3.90. The fourth-order valence-corrected chi connectivity index (χ4v) is 3.33. The van der Waals surface area contributed by atoms with Crippen LogP contribution in [-0.4, -0.2) is 26.7 Å². The van der Waals surface area contributed by atoms with Crippen molar-refractivity contribution in [2.75, 3.05) is 6.54 Å². The number of nitrogens with zero attached hydrogens (tertiary/aromatic N) is 2. The molecule has 4 nitrogen and oxygen atoms in total. The summed E-state index contributed by atoms with van der Waals surface area (Å²) in [6.07, 6.45) is 3.30. The van der Waals surface area contributed by atoms with Crippen molar-refractivity contribution in [2.45, 2.75) is 6.92 Å². The number of thiocarbonyl (C=S) groups is 1. The number of hydrogen-bond donors (Lipinski definition) is 0. The van der Waals surface area contributed by atoms with Crippen molar-refractivity contribution in [1.82, 2.24) is 9.88 Å². The number of aromatic nitrogens is 1. The number of benzene rings is 1. The average Bonchev–Trinajstić information content (AvgIpc) is 3.06. The van der Waals surface area contributed by atoms with E-state index in [0.717, 1.165) is 5.56 Å². The molecule has 0 unspecified atom stereocenters. The highest BCUT2D eigenvalue weighted by Gasteiger charge is 2.30. The molecular weight excluding hydrogens is 304 g/mol. The molecule has 0 saturated carbocycles. The molecule has 21 heavy (non-hydrogen) atoms. The Morgan fingerprint density at radius 2 is 2.14 bits per heavy atom. The molecule has 0 bridgehead atoms. The van der Waals surface area contributed by atoms with Gasteiger partial charge in [-0.3, -0.25) is 9.69 Å². The normalized spacial score (nSPS) is 17.0. The van der Waals surface area contributed by atoms with Crippen LogP contribution in [0.2, 0.25) is 0 Å². The summed E-state index contributed by atoms with van der Waals surface area (Å²) in [5.74, 6) is 1.00. The van der Waals surface area contributed by atoms with Gasteiger partial charge >= 0.3 is 0 Å². The zero-order valence-corrected chi connectivity index (χ0v) is 12.9. The number of thioether (sulfide) groups is 1. The van der Waals surface area contributed by atoms with Crippen molar-refractivity contribution in [1.29, 1.82) is 0 Å². The Bertz CT molecular complexity index is 722. The minimum Gasteiger partial charge on any atom is -0.437 e. The van der Waals surface area contributed by atoms with Crippen LogP contribution in [0.15, 0.2) is 45.9 Å². The summed E-state index contributed by atoms with van der Waals surface area (Å²) in [6.45, 7) is 2.48. The lowest BCUT2D eigenvalue weighted by Crippen LogP contribution is -2.27. The fraction of sp³-hybridized carbons (Fsp3) is 0.133. The zero-order valence-electron chi connectivity index (χ0n) is 11.3. The van der Waals surface area contributed by atoms with Crippen molar-refractivity contribution >= 4 is 40.3 Å². The molecular formula is C15H12N2O2S2. The van der Waals surface area contributed by atoms with Gasteiger partial charge < -0.3 is 4.42 Å². The molecule has 0 aliphatic carbocycles. The van der Waals surface area contributed by atoms with Gasteiger partial charge in [0.05, 0.1) is 11.1 Å². The van der Waals surface area contributed by atoms with E-state index in [1.807, 2.05) is 37.3 Å². The number of likely N-dealkylation sites (N-methyl/N-ethyl adjacent to an activating group) is 1. The number of amides is 1. The van der Waals surface area contributed by atoms with E-state index in [1.165, 1.54) is 11.8 Å². The monoisotopic (exact) mass is 316 g/mol. The number of hydrogen-bond acceptors (Lipinski definition) is 5. The van der Waals surface area contributed by atoms with Crippen LogP contribution >= 0.6 is 24.0 Å². The van der Waals surface area contributed by atoms with Crippen LogP contribution in [0.25, 0.3) is 17.5 Å². The van der Waals surface area contributed by atoms with Gasteiger partial charge in [-0.2, -0.15) is 0 Å². The van der Waals surface area contributed by atoms with E-state index in [-0.39, 0.29) is 5.91 Å². The summed E-state index contributed by atoms with van der Waals surface area (Å²) in [5, 5.41) is 0. The predicted molar refractivity (Wildman–Crippen MR) is 87.5 cm³/mol. The highest BCUT2D eigenvalue weighted by molar-refractivity contribution is 8.26. The van der Waals surface area contributed by atoms with Crippen molar-refractivity contribution in [3.05, 3.63) is 47.2 Å². The van der Waals surface area contributed by atoms with Gasteiger partial charge in [-0.25, -0.2) is 4.98 Å². The molecule has 0 N–H and O–H groups in total. The van der Waals surface area contributed by atoms with E-state index in [9.17, 15) is 4.79 Å². The molecule has 1 aliphatic heterocycles. The van der Waals surface area contributed by atoms with Gasteiger partial charge in [0, 0.05) is 18.2 Å². The van der Waals surface area contributed by atoms with Crippen molar-refractivity contribution < 1.29 is 9.21 Å². The lowest BCUT2D eigenvalue weighted by atomic mass is 10.2. The Morgan fingerprint density at radius 3 is 2.81 bits per heavy atom. The second-order valence-corrected chi connectivity index (χ2v) is 6.04. The quantitative estimate of drug-likeness (QED) is 0.640. The second-order valence-electron chi connectivity index (χ2n) is 4.36. The molecule has 0 spiro atoms. The first-order valence-electron chi connectivity index (χ1n) is 6.45. The van der Waals surface area contributed by atoms with Crippen LogP contribution in [0.5, 0.6) is 0 Å². The third kappa shape index (κ3) is 2.77. The Morgan fingerprint density at radius 1 is 1.38 bits per heavy atom. The van der Waals surface area contributed by atoms with Gasteiger partial charge in [0.15, 0.2) is 0 Å². The summed E-state index contributed by atoms with van der Waals surface area (Å²) in [7, 11) is 0. The summed E-state index contributed by atoms with van der Waals surface area (Å²) in [6, 6.07) is 9.62. The second kappa shape index (κ2) is 5.83. The average molecular weight is 316 g/mol. The topological polar surface area (TPSA) is 46.3 Å². The molecule has 2 heterocycles. The maximum Gasteiger partial charge on any atom is 0.266 e. The van der Waals surface area contributed by atoms with Crippen molar-refractivity contribution in [2.24, 2.45) is 0 Å². The first-order valence-corrected chi connectivity index (χ1v) is 7.68. The van der Waals surface area contributed by atoms with Crippen molar-refractivity contribution in [3.8, 4) is 11.5 Å². The summed E-state index contributed by atoms with van der Waals surface area (Å²) < 4.78 is 6.25. The van der Waals surface area contributed by atoms with E-state index < -0.39 is 0 Å². The Balaban J connectivity index is 1.87. The maximum atomic E-state index is 12.1. The molecule has 1 saturated heterocycles. The van der Waals surface area contributed by atoms with Gasteiger partial charge in [0.1, 0.15) is 10.1 Å². The molecule has 3 rings (SSSR count). The van der Waals surface area contributed by atoms with Crippen LogP contribution in [0.4, 0.5) is 0 Å². The molecule has 6 heteroatoms. The number of oxazole rings is 1. The molecule has 2 aromatic rings. The van der Waals surface area contributed by atoms with Gasteiger partial charge in [-0.15, -0.1) is 0 Å². The Labute approximate surface area is 131 Å². The van der Waals surface area contributed by atoms with Crippen LogP contribution < -0.4 is 0 Å². The number of carbonyl (C=O) groups excluding carboxylic acids is 1. The minimum atomic E-state index is -0.0786. The Hall–Kier alpha value is -1.92. The fourth-order valence-electron chi connectivity index (χ4n) is 1.97. The summed E-state index contributed by atoms with van der Waals surface area (Å²) in [4.78, 5) is 18.5. The van der Waals surface area contributed by atoms with Crippen LogP contribution in [0, 0.1) is 0 Å². The standard InChI is InChI=1S/C15H12N2O2S2/c1-2-17-14(18)12(21-15(17)20)8-11-9-16-13(19-11)10-6-4-3-5-7-10/h3-9H,2H2,1H3/b12-8-. The third-order valence-corrected chi connectivity index (χ3v) is 4.39. The van der Waals surface area contributed by atoms with Gasteiger partial charge in [-0.1, -0.05) is 42.2 Å². The summed E-state index contributed by atoms with van der Waals surface area (Å²) >= 11 is 6.46. The smallest absolute Gasteiger partial charge is 0.266 e. The van der Waals surface area contributed by atoms with Gasteiger partial charge in [-0.05, 0) is 19.1 Å². The van der Waals surface area contributed by atoms with E-state index in [0.29, 0.717) is 27.4 Å². The van der Waals surface area contributed by atoms with Gasteiger partial charge in [0.2, 0.25) is 5.89 Å². The van der Waals surface area contributed by atoms with Crippen LogP contribution in [-0.2, 0) is 4.79 Å². The van der Waals surface area contributed by atoms with E-state index in [2.05, 4.69) is 4.98 Å². The lowest BCUT2D eigenvalue weighted by Gasteiger charge is -2.09. The summed E-state index contributed by atoms with van der Waals surface area (Å²) in [5.41, 5.74) is 0.901. The lowest BCUT2D eigenvalue weighted by molar-refractivity contribution is -0.121. The molecule has 1 amide bonds. The molecule has 0 radical (unpaired) electrons. The molecule has 1 fully saturated rings. The molecule has 1 aromatic carbocycles. The highest BCUT2D eigenvalue weighted by Crippen LogP contribution is 2.32. The minimum absolute atomic E-state index is 0.0786. The third-order valence-electron chi connectivity index (χ3n) is 3.01. The van der Waals surface area contributed by atoms with Crippen LogP contribution in [0.3, 0.4) is 0 Å². The predicted octanol–water partition coefficient (Wildman–Crippen LogP) is 3.56. The van der Waals surface area contributed by atoms with Crippen LogP contribution in [0.1, 0.15) is 12.7 Å². The van der Waals surface area contributed by atoms with E-state index in [1.54, 1.807) is 17.2 Å². The SMILES string of the molecule is CCN1C(=O)/C(=C/c2cnc(-c3ccccc3)o2)SC1=S. The van der Waals surface area contributed by atoms with E-state index in [4.69, 9.17) is 16.6 Å². The largest absolute Gasteiger partial charge is 0.437 e. The van der Waals surface area contributed by atoms with Gasteiger partial charge in [0.25, 0.3) is 5.91 Å². The van der Waals surface area contributed by atoms with Crippen molar-refractivity contribution in [3.63, 3.8) is 0 Å². The number of carbonyl (C=O) groups is 1. The zero-order chi connectivity index (χ0) is 14.8.